The SMILES string of the molecule is CCCCOC(OC[Si])OCCCC. The van der Waals surface area contributed by atoms with E-state index in [4.69, 9.17) is 14.2 Å². The molecule has 0 aliphatic carbocycles. The van der Waals surface area contributed by atoms with Crippen molar-refractivity contribution in [2.45, 2.75) is 46.0 Å². The number of unbranched alkanes of at least 4 members (excludes halogenated alkanes) is 2. The quantitative estimate of drug-likeness (QED) is 0.318. The molecular formula is C10H21O3Si. The third kappa shape index (κ3) is 8.68. The van der Waals surface area contributed by atoms with Crippen molar-refractivity contribution < 1.29 is 14.2 Å². The predicted octanol–water partition coefficient (Wildman–Crippen LogP) is 2.05. The van der Waals surface area contributed by atoms with Crippen LogP contribution in [0.1, 0.15) is 39.5 Å². The fourth-order valence-corrected chi connectivity index (χ4v) is 0.996. The summed E-state index contributed by atoms with van der Waals surface area (Å²) in [5, 5.41) is 0. The van der Waals surface area contributed by atoms with Gasteiger partial charge in [0.15, 0.2) is 0 Å². The molecule has 4 heteroatoms. The first-order chi connectivity index (χ1) is 6.85. The van der Waals surface area contributed by atoms with Crippen LogP contribution in [0.4, 0.5) is 0 Å². The standard InChI is InChI=1S/C10H21O3Si/c1-3-5-7-11-10(13-9-14)12-8-6-4-2/h10H,3-9H2,1-2H3. The van der Waals surface area contributed by atoms with Gasteiger partial charge < -0.3 is 14.2 Å². The molecule has 0 aliphatic rings. The summed E-state index contributed by atoms with van der Waals surface area (Å²) in [5.41, 5.74) is 0. The van der Waals surface area contributed by atoms with Crippen molar-refractivity contribution in [1.29, 1.82) is 0 Å². The molecule has 14 heavy (non-hydrogen) atoms. The zero-order valence-electron chi connectivity index (χ0n) is 9.25. The summed E-state index contributed by atoms with van der Waals surface area (Å²) in [7, 11) is 3.23. The van der Waals surface area contributed by atoms with Gasteiger partial charge in [0.05, 0.1) is 23.5 Å². The molecule has 0 aromatic carbocycles. The minimum Gasteiger partial charge on any atom is -0.334 e. The molecule has 0 unspecified atom stereocenters. The lowest BCUT2D eigenvalue weighted by atomic mass is 10.4. The van der Waals surface area contributed by atoms with E-state index in [0.717, 1.165) is 25.7 Å². The highest BCUT2D eigenvalue weighted by atomic mass is 28.1. The zero-order chi connectivity index (χ0) is 10.6. The highest BCUT2D eigenvalue weighted by Gasteiger charge is 2.07. The van der Waals surface area contributed by atoms with E-state index in [2.05, 4.69) is 24.1 Å². The first-order valence-electron chi connectivity index (χ1n) is 5.34. The lowest BCUT2D eigenvalue weighted by Crippen LogP contribution is -2.23. The fraction of sp³-hybridized carbons (Fsp3) is 1.00. The molecule has 0 N–H and O–H groups in total. The van der Waals surface area contributed by atoms with Crippen LogP contribution < -0.4 is 0 Å². The smallest absolute Gasteiger partial charge is 0.271 e. The maximum atomic E-state index is 5.39. The number of hydrogen-bond acceptors (Lipinski definition) is 3. The molecule has 0 fully saturated rings. The average molecular weight is 217 g/mol. The zero-order valence-corrected chi connectivity index (χ0v) is 10.3. The molecule has 83 valence electrons. The molecular weight excluding hydrogens is 196 g/mol. The van der Waals surface area contributed by atoms with Gasteiger partial charge in [0, 0.05) is 6.23 Å². The summed E-state index contributed by atoms with van der Waals surface area (Å²) in [6.07, 6.45) is 4.76. The van der Waals surface area contributed by atoms with Crippen LogP contribution in [-0.4, -0.2) is 36.2 Å². The van der Waals surface area contributed by atoms with Crippen molar-refractivity contribution in [3.63, 3.8) is 0 Å². The Labute approximate surface area is 90.5 Å². The van der Waals surface area contributed by atoms with E-state index in [1.165, 1.54) is 0 Å². The fourth-order valence-electron chi connectivity index (χ4n) is 0.860. The maximum Gasteiger partial charge on any atom is 0.271 e. The summed E-state index contributed by atoms with van der Waals surface area (Å²) >= 11 is 0. The molecule has 0 rings (SSSR count). The van der Waals surface area contributed by atoms with Gasteiger partial charge in [-0.1, -0.05) is 26.7 Å². The minimum atomic E-state index is -0.509. The van der Waals surface area contributed by atoms with Gasteiger partial charge in [-0.3, -0.25) is 0 Å². The molecule has 0 spiro atoms. The second-order valence-electron chi connectivity index (χ2n) is 3.05. The molecule has 0 bridgehead atoms. The third-order valence-corrected chi connectivity index (χ3v) is 1.89. The summed E-state index contributed by atoms with van der Waals surface area (Å²) < 4.78 is 16.0. The highest BCUT2D eigenvalue weighted by Crippen LogP contribution is 2.01. The van der Waals surface area contributed by atoms with Crippen LogP contribution in [0.2, 0.25) is 0 Å². The van der Waals surface area contributed by atoms with Gasteiger partial charge in [0.2, 0.25) is 0 Å². The summed E-state index contributed by atoms with van der Waals surface area (Å²) in [6, 6.07) is 0. The molecule has 3 nitrogen and oxygen atoms in total. The van der Waals surface area contributed by atoms with E-state index in [1.54, 1.807) is 0 Å². The average Bonchev–Trinajstić information content (AvgIpc) is 2.18. The Morgan fingerprint density at radius 1 is 0.929 bits per heavy atom. The maximum absolute atomic E-state index is 5.39. The van der Waals surface area contributed by atoms with E-state index in [9.17, 15) is 0 Å². The predicted molar refractivity (Wildman–Crippen MR) is 57.2 cm³/mol. The van der Waals surface area contributed by atoms with Crippen molar-refractivity contribution in [3.05, 3.63) is 0 Å². The number of hydrogen-bond donors (Lipinski definition) is 0. The first-order valence-corrected chi connectivity index (χ1v) is 6.05. The second kappa shape index (κ2) is 11.2. The number of ether oxygens (including phenoxy) is 3. The Bertz CT molecular complexity index is 102. The van der Waals surface area contributed by atoms with Gasteiger partial charge in [0.25, 0.3) is 6.48 Å². The van der Waals surface area contributed by atoms with Crippen LogP contribution in [0.15, 0.2) is 0 Å². The van der Waals surface area contributed by atoms with Gasteiger partial charge in [-0.15, -0.1) is 0 Å². The van der Waals surface area contributed by atoms with Crippen LogP contribution in [0.25, 0.3) is 0 Å². The first kappa shape index (κ1) is 14.1. The van der Waals surface area contributed by atoms with E-state index in [0.29, 0.717) is 19.4 Å². The van der Waals surface area contributed by atoms with Crippen LogP contribution in [0.3, 0.4) is 0 Å². The van der Waals surface area contributed by atoms with Crippen molar-refractivity contribution >= 4 is 10.2 Å². The summed E-state index contributed by atoms with van der Waals surface area (Å²) in [5.74, 6) is 0. The molecule has 3 radical (unpaired) electrons. The van der Waals surface area contributed by atoms with Gasteiger partial charge >= 0.3 is 0 Å². The minimum absolute atomic E-state index is 0.433. The van der Waals surface area contributed by atoms with Gasteiger partial charge in [-0.25, -0.2) is 0 Å². The Morgan fingerprint density at radius 3 is 1.79 bits per heavy atom. The lowest BCUT2D eigenvalue weighted by molar-refractivity contribution is -0.281. The van der Waals surface area contributed by atoms with Crippen molar-refractivity contribution in [3.8, 4) is 0 Å². The monoisotopic (exact) mass is 217 g/mol. The largest absolute Gasteiger partial charge is 0.334 e. The second-order valence-corrected chi connectivity index (χ2v) is 3.34. The van der Waals surface area contributed by atoms with Gasteiger partial charge in [0.1, 0.15) is 0 Å². The highest BCUT2D eigenvalue weighted by molar-refractivity contribution is 6.08. The van der Waals surface area contributed by atoms with Gasteiger partial charge in [-0.2, -0.15) is 0 Å². The van der Waals surface area contributed by atoms with E-state index in [1.807, 2.05) is 0 Å². The van der Waals surface area contributed by atoms with Crippen LogP contribution in [-0.2, 0) is 14.2 Å². The normalized spacial score (nSPS) is 11.1. The van der Waals surface area contributed by atoms with Crippen LogP contribution in [0.5, 0.6) is 0 Å². The molecule has 0 atom stereocenters. The molecule has 0 saturated heterocycles. The van der Waals surface area contributed by atoms with E-state index in [-0.39, 0.29) is 0 Å². The number of rotatable bonds is 10. The summed E-state index contributed by atoms with van der Waals surface area (Å²) in [4.78, 5) is 0. The Balaban J connectivity index is 3.44. The van der Waals surface area contributed by atoms with Crippen molar-refractivity contribution in [2.75, 3.05) is 19.4 Å². The van der Waals surface area contributed by atoms with Gasteiger partial charge in [-0.05, 0) is 12.8 Å². The van der Waals surface area contributed by atoms with Crippen molar-refractivity contribution in [1.82, 2.24) is 0 Å². The molecule has 0 aromatic rings. The lowest BCUT2D eigenvalue weighted by Gasteiger charge is -2.17. The van der Waals surface area contributed by atoms with Crippen LogP contribution in [0, 0.1) is 0 Å². The van der Waals surface area contributed by atoms with E-state index < -0.39 is 6.48 Å². The Kier molecular flexibility index (Phi) is 11.3. The summed E-state index contributed by atoms with van der Waals surface area (Å²) in [6.45, 7) is 5.13. The van der Waals surface area contributed by atoms with E-state index >= 15 is 0 Å². The Morgan fingerprint density at radius 2 is 1.43 bits per heavy atom. The van der Waals surface area contributed by atoms with Crippen molar-refractivity contribution in [2.24, 2.45) is 0 Å². The topological polar surface area (TPSA) is 27.7 Å². The molecule has 0 aromatic heterocycles. The Hall–Kier alpha value is 0.0969. The molecule has 0 saturated carbocycles. The van der Waals surface area contributed by atoms with Crippen LogP contribution >= 0.6 is 0 Å². The molecule has 0 heterocycles. The molecule has 0 amide bonds. The third-order valence-electron chi connectivity index (χ3n) is 1.72. The molecule has 0 aliphatic heterocycles.